The van der Waals surface area contributed by atoms with E-state index in [1.807, 2.05) is 60.7 Å². The minimum absolute atomic E-state index is 0.108. The van der Waals surface area contributed by atoms with Crippen molar-refractivity contribution in [3.05, 3.63) is 107 Å². The highest BCUT2D eigenvalue weighted by Crippen LogP contribution is 2.50. The van der Waals surface area contributed by atoms with Gasteiger partial charge in [-0.2, -0.15) is 0 Å². The molecule has 0 saturated carbocycles. The highest BCUT2D eigenvalue weighted by atomic mass is 16.5. The van der Waals surface area contributed by atoms with Gasteiger partial charge in [-0.3, -0.25) is 4.79 Å². The molecule has 0 saturated heterocycles. The Hall–Kier alpha value is -4.52. The first-order valence-electron chi connectivity index (χ1n) is 12.8. The van der Waals surface area contributed by atoms with Gasteiger partial charge in [0.25, 0.3) is 0 Å². The van der Waals surface area contributed by atoms with Crippen molar-refractivity contribution < 1.29 is 14.3 Å². The zero-order chi connectivity index (χ0) is 25.9. The van der Waals surface area contributed by atoms with E-state index in [4.69, 9.17) is 14.5 Å². The molecule has 0 spiro atoms. The normalized spacial score (nSPS) is 18.3. The van der Waals surface area contributed by atoms with Crippen LogP contribution in [0.5, 0.6) is 11.6 Å². The van der Waals surface area contributed by atoms with E-state index in [9.17, 15) is 4.79 Å². The molecule has 0 N–H and O–H groups in total. The van der Waals surface area contributed by atoms with E-state index in [1.165, 1.54) is 0 Å². The third-order valence-corrected chi connectivity index (χ3v) is 7.33. The Balaban J connectivity index is 1.29. The van der Waals surface area contributed by atoms with Crippen LogP contribution in [0.1, 0.15) is 49.6 Å². The van der Waals surface area contributed by atoms with E-state index in [0.29, 0.717) is 41.5 Å². The maximum atomic E-state index is 13.5. The standard InChI is InChI=1S/C31H26N4O3/c1-31(2)15-23(36)27-24(16-31)38-30-28(26(27)20-9-4-3-5-10-20)29-33-25(34-35(29)18-32-30)17-37-22-13-12-19-8-6-7-11-21(19)14-22/h3-14,18,26H,15-17H2,1-2H3. The molecule has 0 bridgehead atoms. The van der Waals surface area contributed by atoms with Gasteiger partial charge in [-0.1, -0.05) is 74.5 Å². The van der Waals surface area contributed by atoms with Crippen molar-refractivity contribution in [2.45, 2.75) is 39.2 Å². The number of hydrogen-bond acceptors (Lipinski definition) is 6. The number of benzene rings is 3. The number of aromatic nitrogens is 4. The largest absolute Gasteiger partial charge is 0.486 e. The number of nitrogens with zero attached hydrogens (tertiary/aromatic N) is 4. The minimum Gasteiger partial charge on any atom is -0.486 e. The summed E-state index contributed by atoms with van der Waals surface area (Å²) in [4.78, 5) is 23.0. The molecule has 0 amide bonds. The van der Waals surface area contributed by atoms with Gasteiger partial charge < -0.3 is 9.47 Å². The van der Waals surface area contributed by atoms with Crippen LogP contribution in [0.15, 0.2) is 90.5 Å². The fourth-order valence-electron chi connectivity index (χ4n) is 5.63. The minimum atomic E-state index is -0.326. The predicted octanol–water partition coefficient (Wildman–Crippen LogP) is 6.02. The van der Waals surface area contributed by atoms with Crippen molar-refractivity contribution in [1.29, 1.82) is 0 Å². The SMILES string of the molecule is CC1(C)CC(=O)C2=C(C1)Oc1ncn3nc(COc4ccc5ccccc5c4)nc3c1C2c1ccccc1. The summed E-state index contributed by atoms with van der Waals surface area (Å²) in [6.45, 7) is 4.40. The lowest BCUT2D eigenvalue weighted by molar-refractivity contribution is -0.118. The number of rotatable bonds is 4. The summed E-state index contributed by atoms with van der Waals surface area (Å²) < 4.78 is 14.0. The summed E-state index contributed by atoms with van der Waals surface area (Å²) in [7, 11) is 0. The topological polar surface area (TPSA) is 78.6 Å². The fourth-order valence-corrected chi connectivity index (χ4v) is 5.63. The average molecular weight is 503 g/mol. The molecule has 7 nitrogen and oxygen atoms in total. The Morgan fingerprint density at radius 1 is 1.00 bits per heavy atom. The van der Waals surface area contributed by atoms with Gasteiger partial charge in [-0.15, -0.1) is 5.10 Å². The lowest BCUT2D eigenvalue weighted by atomic mass is 9.70. The number of hydrogen-bond donors (Lipinski definition) is 0. The first-order chi connectivity index (χ1) is 18.4. The molecule has 0 fully saturated rings. The summed E-state index contributed by atoms with van der Waals surface area (Å²) in [5, 5.41) is 6.90. The van der Waals surface area contributed by atoms with Gasteiger partial charge in [0.05, 0.1) is 5.56 Å². The van der Waals surface area contributed by atoms with Crippen molar-refractivity contribution in [3.63, 3.8) is 0 Å². The Labute approximate surface area is 219 Å². The molecule has 0 radical (unpaired) electrons. The Morgan fingerprint density at radius 2 is 1.79 bits per heavy atom. The number of carbonyl (C=O) groups is 1. The van der Waals surface area contributed by atoms with Gasteiger partial charge in [0.15, 0.2) is 17.3 Å². The molecular weight excluding hydrogens is 476 g/mol. The number of ether oxygens (including phenoxy) is 2. The van der Waals surface area contributed by atoms with Gasteiger partial charge in [-0.05, 0) is 33.9 Å². The predicted molar refractivity (Wildman–Crippen MR) is 143 cm³/mol. The van der Waals surface area contributed by atoms with Gasteiger partial charge in [0.2, 0.25) is 5.88 Å². The fraction of sp³-hybridized carbons (Fsp3) is 0.226. The second-order valence-electron chi connectivity index (χ2n) is 10.8. The van der Waals surface area contributed by atoms with E-state index in [-0.39, 0.29) is 23.7 Å². The van der Waals surface area contributed by atoms with Crippen LogP contribution in [0, 0.1) is 5.41 Å². The molecule has 38 heavy (non-hydrogen) atoms. The highest BCUT2D eigenvalue weighted by molar-refractivity contribution is 6.00. The van der Waals surface area contributed by atoms with Crippen LogP contribution in [-0.4, -0.2) is 25.4 Å². The monoisotopic (exact) mass is 502 g/mol. The Bertz CT molecular complexity index is 1750. The molecule has 7 rings (SSSR count). The molecular formula is C31H26N4O3. The average Bonchev–Trinajstić information content (AvgIpc) is 3.34. The van der Waals surface area contributed by atoms with E-state index in [1.54, 1.807) is 10.8 Å². The molecule has 3 heterocycles. The Kier molecular flexibility index (Phi) is 5.08. The number of carbonyl (C=O) groups excluding carboxylic acids is 1. The third kappa shape index (κ3) is 3.82. The van der Waals surface area contributed by atoms with E-state index in [2.05, 4.69) is 36.1 Å². The smallest absolute Gasteiger partial charge is 0.228 e. The number of fused-ring (bicyclic) bond motifs is 4. The van der Waals surface area contributed by atoms with Crippen LogP contribution in [0.4, 0.5) is 0 Å². The highest BCUT2D eigenvalue weighted by Gasteiger charge is 2.43. The van der Waals surface area contributed by atoms with Gasteiger partial charge >= 0.3 is 0 Å². The summed E-state index contributed by atoms with van der Waals surface area (Å²) in [6, 6.07) is 24.2. The number of Topliss-reactive ketones (excluding diaryl/α,β-unsaturated/α-hetero) is 1. The van der Waals surface area contributed by atoms with Gasteiger partial charge in [0, 0.05) is 24.3 Å². The maximum absolute atomic E-state index is 13.5. The summed E-state index contributed by atoms with van der Waals surface area (Å²) in [5.74, 6) is 2.24. The molecule has 1 aliphatic carbocycles. The van der Waals surface area contributed by atoms with Gasteiger partial charge in [0.1, 0.15) is 24.4 Å². The van der Waals surface area contributed by atoms with Crippen LogP contribution in [0.2, 0.25) is 0 Å². The molecule has 1 aliphatic heterocycles. The van der Waals surface area contributed by atoms with Crippen LogP contribution in [-0.2, 0) is 11.4 Å². The van der Waals surface area contributed by atoms with Crippen molar-refractivity contribution in [1.82, 2.24) is 19.6 Å². The zero-order valence-electron chi connectivity index (χ0n) is 21.2. The number of ketones is 1. The van der Waals surface area contributed by atoms with Crippen LogP contribution >= 0.6 is 0 Å². The summed E-state index contributed by atoms with van der Waals surface area (Å²) in [5.41, 5.74) is 2.92. The first kappa shape index (κ1) is 22.7. The molecule has 2 aromatic heterocycles. The summed E-state index contributed by atoms with van der Waals surface area (Å²) >= 11 is 0. The second-order valence-corrected chi connectivity index (χ2v) is 10.8. The molecule has 188 valence electrons. The molecule has 5 aromatic rings. The molecule has 1 atom stereocenters. The third-order valence-electron chi connectivity index (χ3n) is 7.33. The molecule has 7 heteroatoms. The van der Waals surface area contributed by atoms with E-state index >= 15 is 0 Å². The molecule has 2 aliphatic rings. The van der Waals surface area contributed by atoms with Crippen molar-refractivity contribution >= 4 is 22.2 Å². The first-order valence-corrected chi connectivity index (χ1v) is 12.8. The van der Waals surface area contributed by atoms with Gasteiger partial charge in [-0.25, -0.2) is 14.5 Å². The lowest BCUT2D eigenvalue weighted by Crippen LogP contribution is -2.33. The van der Waals surface area contributed by atoms with Crippen molar-refractivity contribution in [2.75, 3.05) is 0 Å². The van der Waals surface area contributed by atoms with E-state index in [0.717, 1.165) is 27.6 Å². The van der Waals surface area contributed by atoms with Crippen molar-refractivity contribution in [3.8, 4) is 11.6 Å². The van der Waals surface area contributed by atoms with Crippen LogP contribution in [0.25, 0.3) is 16.4 Å². The molecule has 3 aromatic carbocycles. The lowest BCUT2D eigenvalue weighted by Gasteiger charge is -2.37. The molecule has 1 unspecified atom stereocenters. The van der Waals surface area contributed by atoms with Crippen LogP contribution in [0.3, 0.4) is 0 Å². The number of allylic oxidation sites excluding steroid dienone is 2. The second kappa shape index (κ2) is 8.52. The van der Waals surface area contributed by atoms with Crippen molar-refractivity contribution in [2.24, 2.45) is 5.41 Å². The quantitative estimate of drug-likeness (QED) is 0.299. The van der Waals surface area contributed by atoms with Crippen LogP contribution < -0.4 is 9.47 Å². The summed E-state index contributed by atoms with van der Waals surface area (Å²) in [6.07, 6.45) is 2.77. The maximum Gasteiger partial charge on any atom is 0.228 e. The zero-order valence-corrected chi connectivity index (χ0v) is 21.2. The van der Waals surface area contributed by atoms with E-state index < -0.39 is 0 Å². The Morgan fingerprint density at radius 3 is 2.63 bits per heavy atom.